The highest BCUT2D eigenvalue weighted by Crippen LogP contribution is 2.49. The van der Waals surface area contributed by atoms with E-state index >= 15 is 0 Å². The molecule has 2 heterocycles. The maximum absolute atomic E-state index is 6.57. The van der Waals surface area contributed by atoms with Crippen molar-refractivity contribution in [2.45, 2.75) is 0 Å². The number of furan rings is 1. The van der Waals surface area contributed by atoms with Gasteiger partial charge in [0.2, 0.25) is 0 Å². The standard InChI is InChI=1S/C40H23NO/c1-2-12-28-27(11-1)32-16-8-15-31-26(19-20-33(28)38(31)32)24-9-7-10-25(23-24)41-36-17-5-3-13-29(36)34-21-22-35-30-14-4-6-18-37(30)42-40(35)39(34)41/h1-23H. The van der Waals surface area contributed by atoms with Crippen molar-refractivity contribution >= 4 is 54.5 Å². The van der Waals surface area contributed by atoms with Gasteiger partial charge in [-0.2, -0.15) is 0 Å². The van der Waals surface area contributed by atoms with Crippen molar-refractivity contribution in [1.82, 2.24) is 4.57 Å². The summed E-state index contributed by atoms with van der Waals surface area (Å²) in [5.41, 5.74) is 13.0. The quantitative estimate of drug-likeness (QED) is 0.216. The van der Waals surface area contributed by atoms with E-state index in [2.05, 4.69) is 138 Å². The van der Waals surface area contributed by atoms with E-state index in [1.165, 1.54) is 60.4 Å². The fourth-order valence-electron chi connectivity index (χ4n) is 7.37. The van der Waals surface area contributed by atoms with E-state index in [1.807, 2.05) is 6.07 Å². The molecule has 7 aromatic carbocycles. The Morgan fingerprint density at radius 1 is 0.429 bits per heavy atom. The van der Waals surface area contributed by atoms with Crippen LogP contribution in [-0.2, 0) is 0 Å². The summed E-state index contributed by atoms with van der Waals surface area (Å²) in [5, 5.41) is 7.36. The zero-order valence-electron chi connectivity index (χ0n) is 22.6. The Kier molecular flexibility index (Phi) is 4.21. The van der Waals surface area contributed by atoms with Gasteiger partial charge in [-0.25, -0.2) is 0 Å². The molecule has 1 aliphatic rings. The molecule has 0 bridgehead atoms. The first kappa shape index (κ1) is 22.1. The van der Waals surface area contributed by atoms with Crippen molar-refractivity contribution in [3.05, 3.63) is 140 Å². The Balaban J connectivity index is 1.26. The number of hydrogen-bond donors (Lipinski definition) is 0. The van der Waals surface area contributed by atoms with Crippen LogP contribution in [0.3, 0.4) is 0 Å². The summed E-state index contributed by atoms with van der Waals surface area (Å²) in [6.07, 6.45) is 0. The van der Waals surface area contributed by atoms with Gasteiger partial charge >= 0.3 is 0 Å². The Bertz CT molecular complexity index is 2550. The highest BCUT2D eigenvalue weighted by Gasteiger charge is 2.23. The Morgan fingerprint density at radius 3 is 2.00 bits per heavy atom. The average molecular weight is 534 g/mol. The van der Waals surface area contributed by atoms with Crippen LogP contribution in [0.5, 0.6) is 0 Å². The van der Waals surface area contributed by atoms with Gasteiger partial charge in [-0.1, -0.05) is 109 Å². The van der Waals surface area contributed by atoms with E-state index in [0.29, 0.717) is 0 Å². The van der Waals surface area contributed by atoms with Crippen LogP contribution in [0.1, 0.15) is 0 Å². The lowest BCUT2D eigenvalue weighted by molar-refractivity contribution is 0.671. The minimum absolute atomic E-state index is 0.916. The van der Waals surface area contributed by atoms with Gasteiger partial charge in [-0.3, -0.25) is 0 Å². The molecule has 2 heteroatoms. The predicted octanol–water partition coefficient (Wildman–Crippen LogP) is 11.2. The lowest BCUT2D eigenvalue weighted by Gasteiger charge is -2.13. The van der Waals surface area contributed by atoms with Crippen LogP contribution in [0.4, 0.5) is 0 Å². The normalized spacial score (nSPS) is 12.3. The molecule has 1 aliphatic carbocycles. The summed E-state index contributed by atoms with van der Waals surface area (Å²) < 4.78 is 8.96. The van der Waals surface area contributed by atoms with Crippen molar-refractivity contribution in [1.29, 1.82) is 0 Å². The molecule has 0 atom stereocenters. The summed E-state index contributed by atoms with van der Waals surface area (Å²) in [4.78, 5) is 0. The molecule has 2 aromatic heterocycles. The maximum atomic E-state index is 6.57. The third-order valence-corrected chi connectivity index (χ3v) is 9.14. The van der Waals surface area contributed by atoms with E-state index in [1.54, 1.807) is 0 Å². The van der Waals surface area contributed by atoms with E-state index in [4.69, 9.17) is 4.42 Å². The Labute approximate surface area is 241 Å². The number of hydrogen-bond acceptors (Lipinski definition) is 1. The van der Waals surface area contributed by atoms with Crippen molar-refractivity contribution in [2.24, 2.45) is 0 Å². The third kappa shape index (κ3) is 2.78. The van der Waals surface area contributed by atoms with Gasteiger partial charge in [0, 0.05) is 27.2 Å². The number of para-hydroxylation sites is 2. The highest BCUT2D eigenvalue weighted by atomic mass is 16.3. The third-order valence-electron chi connectivity index (χ3n) is 9.14. The van der Waals surface area contributed by atoms with Crippen LogP contribution in [0.2, 0.25) is 0 Å². The fourth-order valence-corrected chi connectivity index (χ4v) is 7.37. The number of nitrogens with zero attached hydrogens (tertiary/aromatic N) is 1. The molecule has 2 nitrogen and oxygen atoms in total. The summed E-state index contributed by atoms with van der Waals surface area (Å²) in [6.45, 7) is 0. The summed E-state index contributed by atoms with van der Waals surface area (Å²) in [6, 6.07) is 50.5. The first-order chi connectivity index (χ1) is 20.8. The zero-order chi connectivity index (χ0) is 27.4. The van der Waals surface area contributed by atoms with Crippen LogP contribution in [0.15, 0.2) is 144 Å². The molecular weight excluding hydrogens is 510 g/mol. The van der Waals surface area contributed by atoms with Gasteiger partial charge in [0.25, 0.3) is 0 Å². The lowest BCUT2D eigenvalue weighted by Crippen LogP contribution is -1.95. The van der Waals surface area contributed by atoms with E-state index in [0.717, 1.165) is 33.1 Å². The number of benzene rings is 7. The van der Waals surface area contributed by atoms with Crippen molar-refractivity contribution in [3.63, 3.8) is 0 Å². The second-order valence-corrected chi connectivity index (χ2v) is 11.3. The minimum atomic E-state index is 0.916. The molecule has 194 valence electrons. The number of aromatic nitrogens is 1. The van der Waals surface area contributed by atoms with Crippen LogP contribution in [0, 0.1) is 0 Å². The van der Waals surface area contributed by atoms with Gasteiger partial charge in [0.1, 0.15) is 5.58 Å². The predicted molar refractivity (Wildman–Crippen MR) is 175 cm³/mol. The van der Waals surface area contributed by atoms with Gasteiger partial charge in [0.05, 0.1) is 11.0 Å². The van der Waals surface area contributed by atoms with Gasteiger partial charge in [0.15, 0.2) is 5.58 Å². The van der Waals surface area contributed by atoms with Gasteiger partial charge in [-0.05, 0) is 74.5 Å². The van der Waals surface area contributed by atoms with E-state index in [-0.39, 0.29) is 0 Å². The number of rotatable bonds is 2. The van der Waals surface area contributed by atoms with E-state index in [9.17, 15) is 0 Å². The summed E-state index contributed by atoms with van der Waals surface area (Å²) >= 11 is 0. The first-order valence-corrected chi connectivity index (χ1v) is 14.4. The van der Waals surface area contributed by atoms with Crippen molar-refractivity contribution < 1.29 is 4.42 Å². The summed E-state index contributed by atoms with van der Waals surface area (Å²) in [5.74, 6) is 0. The molecule has 0 fully saturated rings. The smallest absolute Gasteiger partial charge is 0.160 e. The second kappa shape index (κ2) is 7.99. The molecule has 0 amide bonds. The topological polar surface area (TPSA) is 18.1 Å². The van der Waals surface area contributed by atoms with E-state index < -0.39 is 0 Å². The molecule has 0 saturated heterocycles. The second-order valence-electron chi connectivity index (χ2n) is 11.3. The minimum Gasteiger partial charge on any atom is -0.454 e. The molecule has 0 spiro atoms. The van der Waals surface area contributed by atoms with Gasteiger partial charge < -0.3 is 8.98 Å². The van der Waals surface area contributed by atoms with Crippen LogP contribution < -0.4 is 0 Å². The molecule has 0 aliphatic heterocycles. The molecular formula is C40H23NO. The number of fused-ring (bicyclic) bond motifs is 10. The molecule has 0 unspecified atom stereocenters. The largest absolute Gasteiger partial charge is 0.454 e. The average Bonchev–Trinajstić information content (AvgIpc) is 3.70. The molecule has 10 rings (SSSR count). The molecule has 0 saturated carbocycles. The van der Waals surface area contributed by atoms with Crippen molar-refractivity contribution in [3.8, 4) is 39.1 Å². The lowest BCUT2D eigenvalue weighted by atomic mass is 9.94. The summed E-state index contributed by atoms with van der Waals surface area (Å²) in [7, 11) is 0. The van der Waals surface area contributed by atoms with Crippen molar-refractivity contribution in [2.75, 3.05) is 0 Å². The van der Waals surface area contributed by atoms with Crippen LogP contribution in [0.25, 0.3) is 93.6 Å². The Morgan fingerprint density at radius 2 is 1.10 bits per heavy atom. The van der Waals surface area contributed by atoms with Crippen LogP contribution >= 0.6 is 0 Å². The molecule has 42 heavy (non-hydrogen) atoms. The van der Waals surface area contributed by atoms with Crippen LogP contribution in [-0.4, -0.2) is 4.57 Å². The molecule has 0 radical (unpaired) electrons. The maximum Gasteiger partial charge on any atom is 0.160 e. The highest BCUT2D eigenvalue weighted by molar-refractivity contribution is 6.22. The Hall–Kier alpha value is -5.60. The molecule has 9 aromatic rings. The SMILES string of the molecule is c1cc(-c2ccc3c4c(cccc24)-c2ccccc2-3)cc(-n2c3ccccc3c3ccc4c5ccccc5oc4c32)c1. The first-order valence-electron chi connectivity index (χ1n) is 14.4. The van der Waals surface area contributed by atoms with Gasteiger partial charge in [-0.15, -0.1) is 0 Å². The fraction of sp³-hybridized carbons (Fsp3) is 0. The monoisotopic (exact) mass is 533 g/mol. The molecule has 0 N–H and O–H groups in total. The zero-order valence-corrected chi connectivity index (χ0v) is 22.6.